The van der Waals surface area contributed by atoms with Gasteiger partial charge in [-0.15, -0.1) is 0 Å². The van der Waals surface area contributed by atoms with Crippen LogP contribution < -0.4 is 11.1 Å². The van der Waals surface area contributed by atoms with Crippen molar-refractivity contribution in [2.45, 2.75) is 20.3 Å². The summed E-state index contributed by atoms with van der Waals surface area (Å²) >= 11 is 0. The molecule has 1 aliphatic rings. The first-order chi connectivity index (χ1) is 6.57. The van der Waals surface area contributed by atoms with Gasteiger partial charge < -0.3 is 15.8 Å². The Bertz CT molecular complexity index is 200. The number of nitrogens with one attached hydrogen (secondary N) is 1. The van der Waals surface area contributed by atoms with E-state index in [0.717, 1.165) is 19.6 Å². The maximum Gasteiger partial charge on any atom is 0.224 e. The minimum absolute atomic E-state index is 0.0422. The van der Waals surface area contributed by atoms with E-state index in [9.17, 15) is 4.79 Å². The van der Waals surface area contributed by atoms with Crippen molar-refractivity contribution < 1.29 is 9.53 Å². The third kappa shape index (κ3) is 2.96. The van der Waals surface area contributed by atoms with Gasteiger partial charge in [0.05, 0.1) is 6.61 Å². The Hall–Kier alpha value is -0.610. The van der Waals surface area contributed by atoms with Crippen molar-refractivity contribution in [3.63, 3.8) is 0 Å². The third-order valence-corrected chi connectivity index (χ3v) is 2.79. The van der Waals surface area contributed by atoms with Crippen molar-refractivity contribution in [1.29, 1.82) is 0 Å². The maximum absolute atomic E-state index is 11.4. The number of hydrogen-bond acceptors (Lipinski definition) is 3. The first kappa shape index (κ1) is 11.5. The molecule has 14 heavy (non-hydrogen) atoms. The van der Waals surface area contributed by atoms with Crippen molar-refractivity contribution in [3.05, 3.63) is 0 Å². The molecule has 3 N–H and O–H groups in total. The zero-order chi connectivity index (χ0) is 10.6. The van der Waals surface area contributed by atoms with Gasteiger partial charge in [-0.3, -0.25) is 4.79 Å². The summed E-state index contributed by atoms with van der Waals surface area (Å²) < 4.78 is 5.30. The molecule has 0 aromatic rings. The molecule has 0 spiro atoms. The number of carbonyl (C=O) groups is 1. The van der Waals surface area contributed by atoms with E-state index in [2.05, 4.69) is 12.2 Å². The van der Waals surface area contributed by atoms with Crippen LogP contribution in [0.5, 0.6) is 0 Å². The highest BCUT2D eigenvalue weighted by Gasteiger charge is 2.30. The number of nitrogens with two attached hydrogens (primary N) is 1. The van der Waals surface area contributed by atoms with E-state index in [1.54, 1.807) is 0 Å². The number of hydrogen-bond donors (Lipinski definition) is 2. The fourth-order valence-corrected chi connectivity index (χ4v) is 1.43. The highest BCUT2D eigenvalue weighted by molar-refractivity contribution is 5.78. The van der Waals surface area contributed by atoms with Crippen LogP contribution in [0.4, 0.5) is 0 Å². The molecule has 4 nitrogen and oxygen atoms in total. The average Bonchev–Trinajstić information content (AvgIpc) is 2.61. The van der Waals surface area contributed by atoms with Crippen LogP contribution >= 0.6 is 0 Å². The Morgan fingerprint density at radius 1 is 1.71 bits per heavy atom. The van der Waals surface area contributed by atoms with Gasteiger partial charge in [-0.1, -0.05) is 13.8 Å². The van der Waals surface area contributed by atoms with Gasteiger partial charge in [0.1, 0.15) is 0 Å². The van der Waals surface area contributed by atoms with Crippen LogP contribution in [0.1, 0.15) is 20.3 Å². The fraction of sp³-hybridized carbons (Fsp3) is 0.900. The van der Waals surface area contributed by atoms with E-state index < -0.39 is 0 Å². The Balaban J connectivity index is 2.29. The van der Waals surface area contributed by atoms with Crippen LogP contribution in [-0.4, -0.2) is 32.2 Å². The van der Waals surface area contributed by atoms with Gasteiger partial charge in [-0.2, -0.15) is 0 Å². The van der Waals surface area contributed by atoms with Crippen LogP contribution in [0.3, 0.4) is 0 Å². The molecule has 0 aromatic heterocycles. The lowest BCUT2D eigenvalue weighted by atomic mass is 9.90. The quantitative estimate of drug-likeness (QED) is 0.677. The van der Waals surface area contributed by atoms with Crippen molar-refractivity contribution in [3.8, 4) is 0 Å². The predicted octanol–water partition coefficient (Wildman–Crippen LogP) is 0.124. The van der Waals surface area contributed by atoms with Gasteiger partial charge in [0.2, 0.25) is 5.91 Å². The second-order valence-electron chi connectivity index (χ2n) is 4.47. The Labute approximate surface area is 85.2 Å². The molecule has 1 saturated heterocycles. The summed E-state index contributed by atoms with van der Waals surface area (Å²) in [6.45, 7) is 6.61. The zero-order valence-electron chi connectivity index (χ0n) is 9.01. The molecule has 2 unspecified atom stereocenters. The summed E-state index contributed by atoms with van der Waals surface area (Å²) in [6, 6.07) is 0. The van der Waals surface area contributed by atoms with Crippen LogP contribution in [0.25, 0.3) is 0 Å². The predicted molar refractivity (Wildman–Crippen MR) is 54.8 cm³/mol. The molecular formula is C10H20N2O2. The average molecular weight is 200 g/mol. The van der Waals surface area contributed by atoms with Gasteiger partial charge in [-0.25, -0.2) is 0 Å². The van der Waals surface area contributed by atoms with E-state index in [-0.39, 0.29) is 17.2 Å². The second kappa shape index (κ2) is 4.75. The van der Waals surface area contributed by atoms with Crippen molar-refractivity contribution in [1.82, 2.24) is 5.32 Å². The molecule has 0 aromatic carbocycles. The number of ether oxygens (including phenoxy) is 1. The Kier molecular flexibility index (Phi) is 3.89. The largest absolute Gasteiger partial charge is 0.381 e. The monoisotopic (exact) mass is 200 g/mol. The summed E-state index contributed by atoms with van der Waals surface area (Å²) in [5.41, 5.74) is 5.52. The van der Waals surface area contributed by atoms with Crippen molar-refractivity contribution >= 4 is 5.91 Å². The summed E-state index contributed by atoms with van der Waals surface area (Å²) in [7, 11) is 0. The molecule has 1 rings (SSSR count). The van der Waals surface area contributed by atoms with Gasteiger partial charge in [0.25, 0.3) is 0 Å². The normalized spacial score (nSPS) is 28.8. The van der Waals surface area contributed by atoms with E-state index in [4.69, 9.17) is 10.5 Å². The molecule has 0 radical (unpaired) electrons. The lowest BCUT2D eigenvalue weighted by Gasteiger charge is -2.22. The summed E-state index contributed by atoms with van der Waals surface area (Å²) in [5, 5.41) is 2.92. The SMILES string of the molecule is CC(CN)C(=O)NCC1(C)CCOC1. The minimum atomic E-state index is -0.0964. The summed E-state index contributed by atoms with van der Waals surface area (Å²) in [5.74, 6) is -0.0541. The highest BCUT2D eigenvalue weighted by atomic mass is 16.5. The summed E-state index contributed by atoms with van der Waals surface area (Å²) in [6.07, 6.45) is 1.02. The Morgan fingerprint density at radius 2 is 2.43 bits per heavy atom. The van der Waals surface area contributed by atoms with Crippen molar-refractivity contribution in [2.75, 3.05) is 26.3 Å². The topological polar surface area (TPSA) is 64.4 Å². The van der Waals surface area contributed by atoms with Crippen molar-refractivity contribution in [2.24, 2.45) is 17.1 Å². The molecule has 1 amide bonds. The molecule has 4 heteroatoms. The molecule has 0 aliphatic carbocycles. The van der Waals surface area contributed by atoms with Gasteiger partial charge in [0.15, 0.2) is 0 Å². The first-order valence-electron chi connectivity index (χ1n) is 5.13. The number of carbonyl (C=O) groups excluding carboxylic acids is 1. The highest BCUT2D eigenvalue weighted by Crippen LogP contribution is 2.26. The number of amides is 1. The third-order valence-electron chi connectivity index (χ3n) is 2.79. The Morgan fingerprint density at radius 3 is 2.93 bits per heavy atom. The van der Waals surface area contributed by atoms with Gasteiger partial charge >= 0.3 is 0 Å². The molecule has 0 bridgehead atoms. The fourth-order valence-electron chi connectivity index (χ4n) is 1.43. The van der Waals surface area contributed by atoms with E-state index >= 15 is 0 Å². The standard InChI is InChI=1S/C10H20N2O2/c1-8(5-11)9(13)12-6-10(2)3-4-14-7-10/h8H,3-7,11H2,1-2H3,(H,12,13). The first-order valence-corrected chi connectivity index (χ1v) is 5.13. The second-order valence-corrected chi connectivity index (χ2v) is 4.47. The lowest BCUT2D eigenvalue weighted by molar-refractivity contribution is -0.124. The van der Waals surface area contributed by atoms with Crippen LogP contribution in [0.15, 0.2) is 0 Å². The van der Waals surface area contributed by atoms with Gasteiger partial charge in [-0.05, 0) is 6.42 Å². The molecule has 1 fully saturated rings. The van der Waals surface area contributed by atoms with Crippen LogP contribution in [0.2, 0.25) is 0 Å². The molecule has 1 aliphatic heterocycles. The minimum Gasteiger partial charge on any atom is -0.381 e. The smallest absolute Gasteiger partial charge is 0.224 e. The van der Waals surface area contributed by atoms with Gasteiger partial charge in [0, 0.05) is 31.0 Å². The molecule has 82 valence electrons. The van der Waals surface area contributed by atoms with E-state index in [1.807, 2.05) is 6.92 Å². The zero-order valence-corrected chi connectivity index (χ0v) is 9.01. The number of rotatable bonds is 4. The molecule has 2 atom stereocenters. The summed E-state index contributed by atoms with van der Waals surface area (Å²) in [4.78, 5) is 11.4. The van der Waals surface area contributed by atoms with E-state index in [0.29, 0.717) is 13.1 Å². The molecule has 0 saturated carbocycles. The maximum atomic E-state index is 11.4. The van der Waals surface area contributed by atoms with Crippen LogP contribution in [0, 0.1) is 11.3 Å². The molecular weight excluding hydrogens is 180 g/mol. The molecule has 1 heterocycles. The lowest BCUT2D eigenvalue weighted by Crippen LogP contribution is -2.40. The van der Waals surface area contributed by atoms with E-state index in [1.165, 1.54) is 0 Å². The van der Waals surface area contributed by atoms with Crippen LogP contribution in [-0.2, 0) is 9.53 Å².